The molecule has 0 aliphatic heterocycles. The lowest BCUT2D eigenvalue weighted by molar-refractivity contribution is 0.796. The van der Waals surface area contributed by atoms with Crippen LogP contribution in [0.1, 0.15) is 29.2 Å². The first kappa shape index (κ1) is 21.8. The number of rotatable bonds is 6. The van der Waals surface area contributed by atoms with Gasteiger partial charge < -0.3 is 15.6 Å². The van der Waals surface area contributed by atoms with E-state index in [9.17, 15) is 0 Å². The minimum absolute atomic E-state index is 0. The minimum atomic E-state index is 0. The zero-order valence-corrected chi connectivity index (χ0v) is 18.6. The summed E-state index contributed by atoms with van der Waals surface area (Å²) in [5.41, 5.74) is 5.63. The molecule has 28 heavy (non-hydrogen) atoms. The highest BCUT2D eigenvalue weighted by Crippen LogP contribution is 2.22. The van der Waals surface area contributed by atoms with Gasteiger partial charge in [-0.2, -0.15) is 5.26 Å². The van der Waals surface area contributed by atoms with E-state index >= 15 is 0 Å². The van der Waals surface area contributed by atoms with Crippen LogP contribution < -0.4 is 10.6 Å². The third-order valence-corrected chi connectivity index (χ3v) is 4.69. The lowest BCUT2D eigenvalue weighted by atomic mass is 10.1. The Morgan fingerprint density at radius 3 is 2.71 bits per heavy atom. The number of nitrogens with zero attached hydrogens (tertiary/aromatic N) is 2. The largest absolute Gasteiger partial charge is 0.361 e. The Kier molecular flexibility index (Phi) is 8.33. The van der Waals surface area contributed by atoms with E-state index in [1.54, 1.807) is 7.05 Å². The van der Waals surface area contributed by atoms with Crippen LogP contribution in [0.2, 0.25) is 0 Å². The summed E-state index contributed by atoms with van der Waals surface area (Å²) in [5.74, 6) is 0.756. The Morgan fingerprint density at radius 2 is 1.96 bits per heavy atom. The first-order valence-electron chi connectivity index (χ1n) is 9.26. The summed E-state index contributed by atoms with van der Waals surface area (Å²) in [6, 6.07) is 16.2. The standard InChI is InChI=1S/C22H25N5.HI/c1-3-18-8-5-9-20-19(15-26-21(18)20)10-11-25-22(24-2)27-14-17-7-4-6-16(12-17)13-23;/h4-9,12,15,26H,3,10-11,14H2,1-2H3,(H2,24,25,27);1H. The number of aromatic nitrogens is 1. The number of benzene rings is 2. The molecule has 0 saturated carbocycles. The predicted molar refractivity (Wildman–Crippen MR) is 126 cm³/mol. The molecule has 0 radical (unpaired) electrons. The van der Waals surface area contributed by atoms with Gasteiger partial charge in [0.05, 0.1) is 11.6 Å². The fourth-order valence-corrected chi connectivity index (χ4v) is 3.25. The van der Waals surface area contributed by atoms with Crippen LogP contribution in [0.25, 0.3) is 10.9 Å². The second-order valence-corrected chi connectivity index (χ2v) is 6.42. The van der Waals surface area contributed by atoms with Crippen LogP contribution in [0.3, 0.4) is 0 Å². The molecular weight excluding hydrogens is 461 g/mol. The third kappa shape index (κ3) is 5.26. The summed E-state index contributed by atoms with van der Waals surface area (Å²) in [7, 11) is 1.76. The fourth-order valence-electron chi connectivity index (χ4n) is 3.25. The minimum Gasteiger partial charge on any atom is -0.361 e. The molecule has 0 spiro atoms. The summed E-state index contributed by atoms with van der Waals surface area (Å²) in [6.45, 7) is 3.60. The average molecular weight is 487 g/mol. The van der Waals surface area contributed by atoms with Crippen molar-refractivity contribution < 1.29 is 0 Å². The first-order valence-corrected chi connectivity index (χ1v) is 9.26. The molecule has 1 heterocycles. The van der Waals surface area contributed by atoms with E-state index in [1.165, 1.54) is 22.0 Å². The van der Waals surface area contributed by atoms with Gasteiger partial charge in [-0.1, -0.05) is 37.3 Å². The zero-order valence-electron chi connectivity index (χ0n) is 16.2. The smallest absolute Gasteiger partial charge is 0.191 e. The molecule has 0 aliphatic rings. The lowest BCUT2D eigenvalue weighted by Gasteiger charge is -2.12. The van der Waals surface area contributed by atoms with E-state index in [0.29, 0.717) is 12.1 Å². The normalized spacial score (nSPS) is 11.0. The van der Waals surface area contributed by atoms with Crippen LogP contribution in [-0.4, -0.2) is 24.5 Å². The number of aliphatic imine (C=N–C) groups is 1. The number of aryl methyl sites for hydroxylation is 1. The molecule has 0 amide bonds. The molecule has 0 bridgehead atoms. The fraction of sp³-hybridized carbons (Fsp3) is 0.273. The monoisotopic (exact) mass is 487 g/mol. The topological polar surface area (TPSA) is 76.0 Å². The molecule has 3 aromatic rings. The molecule has 5 nitrogen and oxygen atoms in total. The second-order valence-electron chi connectivity index (χ2n) is 6.42. The summed E-state index contributed by atoms with van der Waals surface area (Å²) >= 11 is 0. The highest BCUT2D eigenvalue weighted by Gasteiger charge is 2.07. The SMILES string of the molecule is CCc1cccc2c(CCNC(=NC)NCc3cccc(C#N)c3)c[nH]c12.I. The van der Waals surface area contributed by atoms with Crippen LogP contribution in [0.5, 0.6) is 0 Å². The van der Waals surface area contributed by atoms with Gasteiger partial charge in [-0.15, -0.1) is 24.0 Å². The summed E-state index contributed by atoms with van der Waals surface area (Å²) in [6.07, 6.45) is 4.05. The van der Waals surface area contributed by atoms with Crippen LogP contribution in [0, 0.1) is 11.3 Å². The number of fused-ring (bicyclic) bond motifs is 1. The van der Waals surface area contributed by atoms with Gasteiger partial charge in [-0.3, -0.25) is 4.99 Å². The number of para-hydroxylation sites is 1. The maximum Gasteiger partial charge on any atom is 0.191 e. The third-order valence-electron chi connectivity index (χ3n) is 4.69. The van der Waals surface area contributed by atoms with Crippen molar-refractivity contribution in [2.75, 3.05) is 13.6 Å². The van der Waals surface area contributed by atoms with Crippen molar-refractivity contribution in [2.24, 2.45) is 4.99 Å². The molecule has 6 heteroatoms. The van der Waals surface area contributed by atoms with Crippen molar-refractivity contribution in [1.82, 2.24) is 15.6 Å². The number of nitriles is 1. The number of hydrogen-bond donors (Lipinski definition) is 3. The number of aromatic amines is 1. The lowest BCUT2D eigenvalue weighted by Crippen LogP contribution is -2.37. The number of nitrogens with one attached hydrogen (secondary N) is 3. The van der Waals surface area contributed by atoms with E-state index in [-0.39, 0.29) is 24.0 Å². The zero-order chi connectivity index (χ0) is 19.1. The Balaban J connectivity index is 0.00000280. The number of H-pyrrole nitrogens is 1. The highest BCUT2D eigenvalue weighted by molar-refractivity contribution is 14.0. The van der Waals surface area contributed by atoms with Gasteiger partial charge in [0.15, 0.2) is 5.96 Å². The van der Waals surface area contributed by atoms with Crippen molar-refractivity contribution in [1.29, 1.82) is 5.26 Å². The number of halogens is 1. The summed E-state index contributed by atoms with van der Waals surface area (Å²) < 4.78 is 0. The Labute approximate surface area is 183 Å². The molecule has 3 rings (SSSR count). The molecule has 0 unspecified atom stereocenters. The molecule has 1 aromatic heterocycles. The van der Waals surface area contributed by atoms with Gasteiger partial charge in [-0.05, 0) is 41.7 Å². The van der Waals surface area contributed by atoms with E-state index in [0.717, 1.165) is 30.9 Å². The van der Waals surface area contributed by atoms with Crippen LogP contribution in [0.4, 0.5) is 0 Å². The highest BCUT2D eigenvalue weighted by atomic mass is 127. The van der Waals surface area contributed by atoms with Gasteiger partial charge in [-0.25, -0.2) is 0 Å². The molecule has 0 atom stereocenters. The summed E-state index contributed by atoms with van der Waals surface area (Å²) in [5, 5.41) is 16.9. The van der Waals surface area contributed by atoms with E-state index in [4.69, 9.17) is 5.26 Å². The van der Waals surface area contributed by atoms with Crippen molar-refractivity contribution in [3.8, 4) is 6.07 Å². The Hall–Kier alpha value is -2.53. The Bertz CT molecular complexity index is 984. The van der Waals surface area contributed by atoms with Crippen molar-refractivity contribution in [3.05, 3.63) is 70.9 Å². The number of guanidine groups is 1. The average Bonchev–Trinajstić information content (AvgIpc) is 3.13. The molecule has 2 aromatic carbocycles. The van der Waals surface area contributed by atoms with E-state index < -0.39 is 0 Å². The maximum absolute atomic E-state index is 8.99. The quantitative estimate of drug-likeness (QED) is 0.278. The van der Waals surface area contributed by atoms with Crippen LogP contribution in [-0.2, 0) is 19.4 Å². The predicted octanol–water partition coefficient (Wildman–Crippen LogP) is 4.13. The summed E-state index contributed by atoms with van der Waals surface area (Å²) in [4.78, 5) is 7.69. The second kappa shape index (κ2) is 10.7. The molecule has 3 N–H and O–H groups in total. The van der Waals surface area contributed by atoms with Crippen LogP contribution in [0.15, 0.2) is 53.7 Å². The number of hydrogen-bond acceptors (Lipinski definition) is 2. The van der Waals surface area contributed by atoms with Gasteiger partial charge >= 0.3 is 0 Å². The maximum atomic E-state index is 8.99. The molecule has 0 fully saturated rings. The van der Waals surface area contributed by atoms with Gasteiger partial charge in [0, 0.05) is 37.2 Å². The van der Waals surface area contributed by atoms with Crippen LogP contribution >= 0.6 is 24.0 Å². The van der Waals surface area contributed by atoms with Crippen molar-refractivity contribution in [3.63, 3.8) is 0 Å². The van der Waals surface area contributed by atoms with E-state index in [2.05, 4.69) is 58.0 Å². The molecule has 146 valence electrons. The van der Waals surface area contributed by atoms with E-state index in [1.807, 2.05) is 24.3 Å². The molecule has 0 aliphatic carbocycles. The first-order chi connectivity index (χ1) is 13.2. The van der Waals surface area contributed by atoms with Crippen molar-refractivity contribution in [2.45, 2.75) is 26.3 Å². The Morgan fingerprint density at radius 1 is 1.14 bits per heavy atom. The van der Waals surface area contributed by atoms with Crippen molar-refractivity contribution >= 4 is 40.8 Å². The van der Waals surface area contributed by atoms with Gasteiger partial charge in [0.2, 0.25) is 0 Å². The molecular formula is C22H26IN5. The van der Waals surface area contributed by atoms with Gasteiger partial charge in [0.25, 0.3) is 0 Å². The molecule has 0 saturated heterocycles. The van der Waals surface area contributed by atoms with Gasteiger partial charge in [0.1, 0.15) is 0 Å².